The third-order valence-electron chi connectivity index (χ3n) is 11.1. The lowest BCUT2D eigenvalue weighted by molar-refractivity contribution is 1.16. The molecule has 0 N–H and O–H groups in total. The number of fused-ring (bicyclic) bond motifs is 9. The summed E-state index contributed by atoms with van der Waals surface area (Å²) in [4.78, 5) is 0. The van der Waals surface area contributed by atoms with Crippen molar-refractivity contribution < 1.29 is 0 Å². The molecule has 0 aliphatic heterocycles. The summed E-state index contributed by atoms with van der Waals surface area (Å²) in [5.41, 5.74) is 12.9. The van der Waals surface area contributed by atoms with Gasteiger partial charge in [-0.1, -0.05) is 91.0 Å². The second kappa shape index (κ2) is 11.8. The molecule has 0 unspecified atom stereocenters. The fraction of sp³-hybridized carbons (Fsp3) is 0. The summed E-state index contributed by atoms with van der Waals surface area (Å²) < 4.78 is 6.95. The van der Waals surface area contributed by atoms with Crippen LogP contribution in [0.3, 0.4) is 0 Å². The van der Waals surface area contributed by atoms with Gasteiger partial charge in [-0.15, -0.1) is 0 Å². The molecule has 0 radical (unpaired) electrons. The van der Waals surface area contributed by atoms with Gasteiger partial charge in [0.1, 0.15) is 0 Å². The zero-order chi connectivity index (χ0) is 36.6. The molecule has 11 aromatic rings. The van der Waals surface area contributed by atoms with Crippen molar-refractivity contribution in [2.45, 2.75) is 0 Å². The van der Waals surface area contributed by atoms with E-state index in [9.17, 15) is 10.5 Å². The maximum absolute atomic E-state index is 10.2. The van der Waals surface area contributed by atoms with Crippen LogP contribution in [0, 0.1) is 22.7 Å². The molecule has 3 aromatic heterocycles. The summed E-state index contributed by atoms with van der Waals surface area (Å²) in [6.45, 7) is 0. The van der Waals surface area contributed by atoms with Crippen LogP contribution in [-0.2, 0) is 0 Å². The van der Waals surface area contributed by atoms with Gasteiger partial charge < -0.3 is 13.7 Å². The van der Waals surface area contributed by atoms with Crippen LogP contribution in [-0.4, -0.2) is 13.7 Å². The first-order valence-electron chi connectivity index (χ1n) is 18.3. The van der Waals surface area contributed by atoms with E-state index in [2.05, 4.69) is 165 Å². The average Bonchev–Trinajstić information content (AvgIpc) is 3.88. The quantitative estimate of drug-likeness (QED) is 0.184. The van der Waals surface area contributed by atoms with E-state index in [4.69, 9.17) is 0 Å². The minimum absolute atomic E-state index is 0.596. The van der Waals surface area contributed by atoms with Crippen LogP contribution in [0.4, 0.5) is 0 Å². The first kappa shape index (κ1) is 30.7. The molecule has 11 rings (SSSR count). The van der Waals surface area contributed by atoms with Gasteiger partial charge in [0, 0.05) is 49.3 Å². The fourth-order valence-corrected chi connectivity index (χ4v) is 8.72. The summed E-state index contributed by atoms with van der Waals surface area (Å²) >= 11 is 0. The van der Waals surface area contributed by atoms with Gasteiger partial charge in [-0.2, -0.15) is 10.5 Å². The van der Waals surface area contributed by atoms with E-state index in [0.717, 1.165) is 71.8 Å². The Kier molecular flexibility index (Phi) is 6.61. The topological polar surface area (TPSA) is 62.4 Å². The molecular weight excluding hydrogens is 671 g/mol. The Balaban J connectivity index is 1.14. The maximum Gasteiger partial charge on any atom is 0.0992 e. The highest BCUT2D eigenvalue weighted by atomic mass is 15.0. The van der Waals surface area contributed by atoms with E-state index in [1.54, 1.807) is 0 Å². The molecule has 0 aliphatic carbocycles. The minimum atomic E-state index is 0.596. The number of para-hydroxylation sites is 4. The van der Waals surface area contributed by atoms with Crippen LogP contribution in [0.25, 0.3) is 93.6 Å². The van der Waals surface area contributed by atoms with Crippen molar-refractivity contribution in [2.75, 3.05) is 0 Å². The number of aromatic nitrogens is 3. The van der Waals surface area contributed by atoms with Gasteiger partial charge in [0.15, 0.2) is 0 Å². The van der Waals surface area contributed by atoms with Gasteiger partial charge in [-0.25, -0.2) is 0 Å². The number of hydrogen-bond donors (Lipinski definition) is 0. The van der Waals surface area contributed by atoms with Crippen molar-refractivity contribution >= 4 is 65.4 Å². The van der Waals surface area contributed by atoms with E-state index in [-0.39, 0.29) is 0 Å². The summed E-state index contributed by atoms with van der Waals surface area (Å²) in [6.07, 6.45) is 0. The Labute approximate surface area is 316 Å². The smallest absolute Gasteiger partial charge is 0.0992 e. The van der Waals surface area contributed by atoms with Crippen molar-refractivity contribution in [3.8, 4) is 40.3 Å². The molecule has 5 heteroatoms. The molecule has 55 heavy (non-hydrogen) atoms. The van der Waals surface area contributed by atoms with Crippen molar-refractivity contribution in [1.29, 1.82) is 10.5 Å². The second-order valence-electron chi connectivity index (χ2n) is 14.0. The number of nitrogens with zero attached hydrogens (tertiary/aromatic N) is 5. The predicted octanol–water partition coefficient (Wildman–Crippen LogP) is 12.4. The monoisotopic (exact) mass is 699 g/mol. The first-order chi connectivity index (χ1) is 27.2. The third-order valence-corrected chi connectivity index (χ3v) is 11.1. The van der Waals surface area contributed by atoms with Crippen LogP contribution < -0.4 is 0 Å². The number of rotatable bonds is 4. The van der Waals surface area contributed by atoms with E-state index in [1.807, 2.05) is 36.4 Å². The molecule has 0 aliphatic rings. The maximum atomic E-state index is 10.2. The highest BCUT2D eigenvalue weighted by molar-refractivity contribution is 6.13. The molecule has 0 saturated carbocycles. The zero-order valence-corrected chi connectivity index (χ0v) is 29.5. The number of nitriles is 2. The summed E-state index contributed by atoms with van der Waals surface area (Å²) in [6, 6.07) is 66.0. The number of hydrogen-bond acceptors (Lipinski definition) is 2. The molecule has 3 heterocycles. The Bertz CT molecular complexity index is 3420. The van der Waals surface area contributed by atoms with Gasteiger partial charge in [-0.3, -0.25) is 0 Å². The zero-order valence-electron chi connectivity index (χ0n) is 29.5. The molecule has 5 nitrogen and oxygen atoms in total. The lowest BCUT2D eigenvalue weighted by Crippen LogP contribution is -2.00. The van der Waals surface area contributed by atoms with Crippen LogP contribution >= 0.6 is 0 Å². The fourth-order valence-electron chi connectivity index (χ4n) is 8.72. The molecule has 254 valence electrons. The van der Waals surface area contributed by atoms with Crippen LogP contribution in [0.1, 0.15) is 11.1 Å². The molecule has 0 spiro atoms. The second-order valence-corrected chi connectivity index (χ2v) is 14.0. The van der Waals surface area contributed by atoms with Crippen molar-refractivity contribution in [3.05, 3.63) is 187 Å². The van der Waals surface area contributed by atoms with Crippen LogP contribution in [0.5, 0.6) is 0 Å². The summed E-state index contributed by atoms with van der Waals surface area (Å²) in [7, 11) is 0. The van der Waals surface area contributed by atoms with Crippen molar-refractivity contribution in [2.24, 2.45) is 0 Å². The Morgan fingerprint density at radius 2 is 0.782 bits per heavy atom. The molecule has 8 aromatic carbocycles. The molecular formula is C50H29N5. The average molecular weight is 700 g/mol. The largest absolute Gasteiger partial charge is 0.309 e. The van der Waals surface area contributed by atoms with E-state index >= 15 is 0 Å². The standard InChI is InChI=1S/C50H29N5/c51-30-32-21-24-48-42(26-32)40-14-3-7-18-46(40)53(48)35-11-9-10-34(28-35)37-23-20-33(31-52)27-50(37)55-47-19-8-4-15-41(47)43-29-36(22-25-49(43)55)54-44-16-5-1-12-38(44)39-13-2-6-17-45(39)54/h1-29H. The molecule has 0 bridgehead atoms. The first-order valence-corrected chi connectivity index (χ1v) is 18.3. The molecule has 0 atom stereocenters. The Morgan fingerprint density at radius 3 is 1.40 bits per heavy atom. The van der Waals surface area contributed by atoms with Crippen molar-refractivity contribution in [3.63, 3.8) is 0 Å². The van der Waals surface area contributed by atoms with Gasteiger partial charge in [0.05, 0.1) is 62.1 Å². The van der Waals surface area contributed by atoms with E-state index in [1.165, 1.54) is 21.8 Å². The Hall–Kier alpha value is -7.86. The van der Waals surface area contributed by atoms with Gasteiger partial charge >= 0.3 is 0 Å². The number of benzene rings is 8. The Morgan fingerprint density at radius 1 is 0.327 bits per heavy atom. The van der Waals surface area contributed by atoms with Crippen molar-refractivity contribution in [1.82, 2.24) is 13.7 Å². The van der Waals surface area contributed by atoms with E-state index < -0.39 is 0 Å². The van der Waals surface area contributed by atoms with Crippen LogP contribution in [0.2, 0.25) is 0 Å². The molecule has 0 saturated heterocycles. The highest BCUT2D eigenvalue weighted by Gasteiger charge is 2.20. The highest BCUT2D eigenvalue weighted by Crippen LogP contribution is 2.40. The van der Waals surface area contributed by atoms with Gasteiger partial charge in [0.25, 0.3) is 0 Å². The SMILES string of the molecule is N#Cc1ccc(-c2cccc(-n3c4ccccc4c4cc(C#N)ccc43)c2)c(-n2c3ccccc3c3cc(-n4c5ccccc5c5ccccc54)ccc32)c1. The molecule has 0 fully saturated rings. The predicted molar refractivity (Wildman–Crippen MR) is 224 cm³/mol. The van der Waals surface area contributed by atoms with Gasteiger partial charge in [0.2, 0.25) is 0 Å². The van der Waals surface area contributed by atoms with Crippen LogP contribution in [0.15, 0.2) is 176 Å². The minimum Gasteiger partial charge on any atom is -0.309 e. The van der Waals surface area contributed by atoms with Gasteiger partial charge in [-0.05, 0) is 90.5 Å². The summed E-state index contributed by atoms with van der Waals surface area (Å²) in [5.74, 6) is 0. The summed E-state index contributed by atoms with van der Waals surface area (Å²) in [5, 5.41) is 26.8. The normalized spacial score (nSPS) is 11.6. The molecule has 0 amide bonds. The third kappa shape index (κ3) is 4.51. The lowest BCUT2D eigenvalue weighted by atomic mass is 10.0. The van der Waals surface area contributed by atoms with E-state index in [0.29, 0.717) is 11.1 Å². The lowest BCUT2D eigenvalue weighted by Gasteiger charge is -2.16.